The number of carbonyl (C=O) groups is 6. The lowest BCUT2D eigenvalue weighted by atomic mass is 10.0. The second-order valence-electron chi connectivity index (χ2n) is 11.4. The van der Waals surface area contributed by atoms with Gasteiger partial charge in [0, 0.05) is 18.9 Å². The van der Waals surface area contributed by atoms with Crippen molar-refractivity contribution in [2.24, 2.45) is 5.73 Å². The van der Waals surface area contributed by atoms with E-state index in [0.717, 1.165) is 19.3 Å². The Balaban J connectivity index is 2.29. The number of unbranched alkanes of at least 4 members (excludes halogenated alkanes) is 10. The summed E-state index contributed by atoms with van der Waals surface area (Å²) in [6, 6.07) is -1.51. The maximum Gasteiger partial charge on any atom is 0.243 e. The molecule has 0 aromatic heterocycles. The minimum Gasteiger partial charge on any atom is -0.370 e. The maximum atomic E-state index is 12.7. The number of amides is 4. The molecular formula is C30H52N4O6. The molecule has 2 atom stereocenters. The van der Waals surface area contributed by atoms with E-state index in [-0.39, 0.29) is 49.6 Å². The van der Waals surface area contributed by atoms with Crippen molar-refractivity contribution in [1.82, 2.24) is 16.0 Å². The van der Waals surface area contributed by atoms with Gasteiger partial charge in [0.2, 0.25) is 23.6 Å². The zero-order chi connectivity index (χ0) is 30.0. The molecule has 10 nitrogen and oxygen atoms in total. The first kappa shape index (κ1) is 35.2. The van der Waals surface area contributed by atoms with E-state index in [0.29, 0.717) is 19.3 Å². The molecule has 1 saturated carbocycles. The number of ketones is 2. The van der Waals surface area contributed by atoms with Gasteiger partial charge in [-0.1, -0.05) is 71.1 Å². The highest BCUT2D eigenvalue weighted by molar-refractivity contribution is 6.01. The first-order valence-corrected chi connectivity index (χ1v) is 15.2. The van der Waals surface area contributed by atoms with Crippen LogP contribution in [0, 0.1) is 0 Å². The lowest BCUT2D eigenvalue weighted by molar-refractivity contribution is -0.132. The molecule has 0 radical (unpaired) electrons. The zero-order valence-electron chi connectivity index (χ0n) is 24.9. The van der Waals surface area contributed by atoms with Crippen molar-refractivity contribution in [3.8, 4) is 0 Å². The third-order valence-corrected chi connectivity index (χ3v) is 7.47. The summed E-state index contributed by atoms with van der Waals surface area (Å²) in [5.41, 5.74) is 4.49. The van der Waals surface area contributed by atoms with Crippen molar-refractivity contribution < 1.29 is 28.8 Å². The molecule has 0 aliphatic heterocycles. The van der Waals surface area contributed by atoms with Crippen molar-refractivity contribution in [2.75, 3.05) is 0 Å². The van der Waals surface area contributed by atoms with Crippen LogP contribution < -0.4 is 21.7 Å². The van der Waals surface area contributed by atoms with Gasteiger partial charge in [-0.2, -0.15) is 0 Å². The quantitative estimate of drug-likeness (QED) is 0.103. The molecule has 1 rings (SSSR count). The molecule has 1 aliphatic carbocycles. The molecule has 2 unspecified atom stereocenters. The van der Waals surface area contributed by atoms with Crippen LogP contribution in [0.25, 0.3) is 0 Å². The van der Waals surface area contributed by atoms with Crippen LogP contribution in [-0.4, -0.2) is 52.8 Å². The Kier molecular flexibility index (Phi) is 17.0. The molecule has 5 N–H and O–H groups in total. The molecule has 0 aromatic carbocycles. The van der Waals surface area contributed by atoms with E-state index in [1.165, 1.54) is 51.9 Å². The third kappa shape index (κ3) is 15.7. The molecule has 4 amide bonds. The molecular weight excluding hydrogens is 512 g/mol. The van der Waals surface area contributed by atoms with Crippen LogP contribution in [0.5, 0.6) is 0 Å². The van der Waals surface area contributed by atoms with Gasteiger partial charge in [0.25, 0.3) is 0 Å². The van der Waals surface area contributed by atoms with Crippen LogP contribution in [0.2, 0.25) is 0 Å². The highest BCUT2D eigenvalue weighted by atomic mass is 16.2. The first-order valence-electron chi connectivity index (χ1n) is 15.2. The molecule has 0 heterocycles. The highest BCUT2D eigenvalue weighted by Gasteiger charge is 2.48. The van der Waals surface area contributed by atoms with Gasteiger partial charge >= 0.3 is 0 Å². The summed E-state index contributed by atoms with van der Waals surface area (Å²) in [5, 5.41) is 7.98. The monoisotopic (exact) mass is 564 g/mol. The largest absolute Gasteiger partial charge is 0.370 e. The van der Waals surface area contributed by atoms with Gasteiger partial charge in [-0.25, -0.2) is 0 Å². The summed E-state index contributed by atoms with van der Waals surface area (Å²) in [6.07, 6.45) is 14.0. The van der Waals surface area contributed by atoms with Gasteiger partial charge < -0.3 is 21.7 Å². The van der Waals surface area contributed by atoms with E-state index in [1.807, 2.05) is 0 Å². The number of nitrogens with two attached hydrogens (primary N) is 1. The lowest BCUT2D eigenvalue weighted by Gasteiger charge is -2.20. The van der Waals surface area contributed by atoms with E-state index >= 15 is 0 Å². The van der Waals surface area contributed by atoms with Crippen molar-refractivity contribution in [2.45, 2.75) is 154 Å². The molecule has 10 heteroatoms. The summed E-state index contributed by atoms with van der Waals surface area (Å²) in [4.78, 5) is 72.5. The fraction of sp³-hybridized carbons (Fsp3) is 0.800. The maximum absolute atomic E-state index is 12.7. The molecule has 0 saturated heterocycles. The summed E-state index contributed by atoms with van der Waals surface area (Å²) in [7, 11) is 0. The summed E-state index contributed by atoms with van der Waals surface area (Å²) in [6.45, 7) is 5.34. The molecule has 40 heavy (non-hydrogen) atoms. The van der Waals surface area contributed by atoms with Gasteiger partial charge in [0.1, 0.15) is 11.8 Å². The number of hydrogen-bond acceptors (Lipinski definition) is 6. The van der Waals surface area contributed by atoms with Crippen molar-refractivity contribution in [3.63, 3.8) is 0 Å². The summed E-state index contributed by atoms with van der Waals surface area (Å²) in [5.74, 6) is -2.43. The Morgan fingerprint density at radius 1 is 0.775 bits per heavy atom. The number of hydrogen-bond donors (Lipinski definition) is 4. The second kappa shape index (κ2) is 19.3. The molecule has 0 spiro atoms. The SMILES string of the molecule is CCCCCCCCCCCCCC(=O)NC(CC(N)=O)C(=O)NC(C)CCC(=O)CC(=O)NC1(C(C)=O)CC1. The highest BCUT2D eigenvalue weighted by Crippen LogP contribution is 2.36. The van der Waals surface area contributed by atoms with Gasteiger partial charge in [-0.3, -0.25) is 28.8 Å². The standard InChI is InChI=1S/C30H52N4O6/c1-4-5-6-7-8-9-10-11-12-13-14-15-27(38)33-25(21-26(31)37)29(40)32-22(2)16-17-24(36)20-28(39)34-30(18-19-30)23(3)35/h22,25H,4-21H2,1-3H3,(H2,31,37)(H,32,40)(H,33,38)(H,34,39). The topological polar surface area (TPSA) is 165 Å². The zero-order valence-corrected chi connectivity index (χ0v) is 24.9. The average Bonchev–Trinajstić information content (AvgIpc) is 3.66. The Morgan fingerprint density at radius 3 is 1.82 bits per heavy atom. The fourth-order valence-electron chi connectivity index (χ4n) is 4.69. The normalized spacial score (nSPS) is 15.0. The number of carbonyl (C=O) groups excluding carboxylic acids is 6. The Bertz CT molecular complexity index is 855. The van der Waals surface area contributed by atoms with E-state index in [1.54, 1.807) is 6.92 Å². The summed E-state index contributed by atoms with van der Waals surface area (Å²) < 4.78 is 0. The van der Waals surface area contributed by atoms with E-state index in [9.17, 15) is 28.8 Å². The van der Waals surface area contributed by atoms with E-state index in [2.05, 4.69) is 22.9 Å². The minimum atomic E-state index is -1.08. The van der Waals surface area contributed by atoms with Crippen LogP contribution >= 0.6 is 0 Å². The Hall–Kier alpha value is -2.78. The van der Waals surface area contributed by atoms with Crippen LogP contribution in [0.1, 0.15) is 136 Å². The van der Waals surface area contributed by atoms with Crippen molar-refractivity contribution >= 4 is 35.2 Å². The van der Waals surface area contributed by atoms with E-state index in [4.69, 9.17) is 5.73 Å². The molecule has 1 aliphatic rings. The number of primary amides is 1. The molecule has 0 bridgehead atoms. The van der Waals surface area contributed by atoms with Gasteiger partial charge in [0.15, 0.2) is 5.78 Å². The first-order chi connectivity index (χ1) is 19.0. The number of Topliss-reactive ketones (excluding diaryl/α,β-unsaturated/α-hetero) is 2. The van der Waals surface area contributed by atoms with Gasteiger partial charge in [0.05, 0.1) is 18.4 Å². The van der Waals surface area contributed by atoms with E-state index < -0.39 is 35.3 Å². The van der Waals surface area contributed by atoms with Crippen LogP contribution in [0.4, 0.5) is 0 Å². The number of rotatable bonds is 24. The second-order valence-corrected chi connectivity index (χ2v) is 11.4. The van der Waals surface area contributed by atoms with Crippen molar-refractivity contribution in [3.05, 3.63) is 0 Å². The third-order valence-electron chi connectivity index (χ3n) is 7.47. The fourth-order valence-corrected chi connectivity index (χ4v) is 4.69. The summed E-state index contributed by atoms with van der Waals surface area (Å²) >= 11 is 0. The Morgan fingerprint density at radius 2 is 1.32 bits per heavy atom. The van der Waals surface area contributed by atoms with Crippen LogP contribution in [-0.2, 0) is 28.8 Å². The van der Waals surface area contributed by atoms with Crippen LogP contribution in [0.3, 0.4) is 0 Å². The predicted molar refractivity (Wildman–Crippen MR) is 154 cm³/mol. The van der Waals surface area contributed by atoms with Crippen LogP contribution in [0.15, 0.2) is 0 Å². The predicted octanol–water partition coefficient (Wildman–Crippen LogP) is 3.53. The molecule has 228 valence electrons. The Labute approximate surface area is 239 Å². The van der Waals surface area contributed by atoms with Crippen molar-refractivity contribution in [1.29, 1.82) is 0 Å². The average molecular weight is 565 g/mol. The lowest BCUT2D eigenvalue weighted by Crippen LogP contribution is -2.50. The molecule has 0 aromatic rings. The number of nitrogens with one attached hydrogen (secondary N) is 3. The minimum absolute atomic E-state index is 0.0631. The smallest absolute Gasteiger partial charge is 0.243 e. The molecule has 1 fully saturated rings. The van der Waals surface area contributed by atoms with Gasteiger partial charge in [-0.05, 0) is 39.5 Å². The van der Waals surface area contributed by atoms with Gasteiger partial charge in [-0.15, -0.1) is 0 Å².